The number of para-hydroxylation sites is 3. The van der Waals surface area contributed by atoms with Crippen LogP contribution in [0.2, 0.25) is 0 Å². The summed E-state index contributed by atoms with van der Waals surface area (Å²) in [5, 5.41) is 5.68. The van der Waals surface area contributed by atoms with Gasteiger partial charge >= 0.3 is 6.03 Å². The van der Waals surface area contributed by atoms with Gasteiger partial charge in [-0.2, -0.15) is 0 Å². The highest BCUT2D eigenvalue weighted by molar-refractivity contribution is 5.97. The lowest BCUT2D eigenvalue weighted by atomic mass is 9.85. The van der Waals surface area contributed by atoms with Crippen LogP contribution in [0.3, 0.4) is 0 Å². The molecule has 2 aromatic carbocycles. The van der Waals surface area contributed by atoms with Crippen LogP contribution in [-0.4, -0.2) is 73.1 Å². The second kappa shape index (κ2) is 10.0. The van der Waals surface area contributed by atoms with Crippen molar-refractivity contribution >= 4 is 29.2 Å². The van der Waals surface area contributed by atoms with E-state index in [2.05, 4.69) is 15.5 Å². The van der Waals surface area contributed by atoms with Crippen LogP contribution in [0.1, 0.15) is 19.8 Å². The summed E-state index contributed by atoms with van der Waals surface area (Å²) in [5.41, 5.74) is 0.752. The van der Waals surface area contributed by atoms with Crippen molar-refractivity contribution in [2.75, 3.05) is 50.2 Å². The maximum absolute atomic E-state index is 13.6. The van der Waals surface area contributed by atoms with Gasteiger partial charge in [0.05, 0.1) is 19.5 Å². The van der Waals surface area contributed by atoms with Crippen molar-refractivity contribution in [1.82, 2.24) is 15.1 Å². The normalized spacial score (nSPS) is 17.1. The van der Waals surface area contributed by atoms with Crippen LogP contribution in [-0.2, 0) is 9.59 Å². The monoisotopic (exact) mass is 465 g/mol. The number of piperidine rings is 1. The molecule has 4 rings (SSSR count). The molecule has 2 saturated heterocycles. The molecule has 2 fully saturated rings. The smallest absolute Gasteiger partial charge is 0.321 e. The van der Waals surface area contributed by atoms with Crippen molar-refractivity contribution in [3.05, 3.63) is 54.6 Å². The average molecular weight is 466 g/mol. The lowest BCUT2D eigenvalue weighted by molar-refractivity contribution is -0.137. The Balaban J connectivity index is 1.50. The van der Waals surface area contributed by atoms with E-state index in [4.69, 9.17) is 4.74 Å². The van der Waals surface area contributed by atoms with Crippen molar-refractivity contribution in [2.24, 2.45) is 0 Å². The fraction of sp³-hybridized carbons (Fsp3) is 0.400. The third kappa shape index (κ3) is 4.50. The maximum Gasteiger partial charge on any atom is 0.321 e. The van der Waals surface area contributed by atoms with Gasteiger partial charge in [-0.3, -0.25) is 9.59 Å². The van der Waals surface area contributed by atoms with Crippen LogP contribution in [0.5, 0.6) is 5.75 Å². The second-order valence-corrected chi connectivity index (χ2v) is 8.51. The Morgan fingerprint density at radius 1 is 1.03 bits per heavy atom. The number of likely N-dealkylation sites (tertiary alicyclic amines) is 1. The molecule has 9 nitrogen and oxygen atoms in total. The summed E-state index contributed by atoms with van der Waals surface area (Å²) in [7, 11) is 1.56. The van der Waals surface area contributed by atoms with E-state index in [1.807, 2.05) is 49.4 Å². The Morgan fingerprint density at radius 2 is 1.71 bits per heavy atom. The Kier molecular flexibility index (Phi) is 6.90. The molecular weight excluding hydrogens is 434 g/mol. The SMILES string of the molecule is CCNC(=O)CN1CN(c2ccccc2)C2(CCN(C(=O)Nc3ccccc3OC)CC2)C1=O. The van der Waals surface area contributed by atoms with Gasteiger partial charge < -0.3 is 30.1 Å². The van der Waals surface area contributed by atoms with E-state index in [0.717, 1.165) is 5.69 Å². The predicted octanol–water partition coefficient (Wildman–Crippen LogP) is 2.50. The summed E-state index contributed by atoms with van der Waals surface area (Å²) in [5.74, 6) is 0.355. The summed E-state index contributed by atoms with van der Waals surface area (Å²) in [6.45, 7) is 3.58. The zero-order valence-corrected chi connectivity index (χ0v) is 19.6. The van der Waals surface area contributed by atoms with Gasteiger partial charge in [0.15, 0.2) is 0 Å². The molecule has 0 atom stereocenters. The number of nitrogens with one attached hydrogen (secondary N) is 2. The zero-order valence-electron chi connectivity index (χ0n) is 19.6. The number of likely N-dealkylation sites (N-methyl/N-ethyl adjacent to an activating group) is 1. The Bertz CT molecular complexity index is 1040. The van der Waals surface area contributed by atoms with Gasteiger partial charge in [-0.05, 0) is 44.0 Å². The number of benzene rings is 2. The number of hydrogen-bond acceptors (Lipinski definition) is 5. The Labute approximate surface area is 199 Å². The molecule has 0 unspecified atom stereocenters. The van der Waals surface area contributed by atoms with Crippen LogP contribution < -0.4 is 20.3 Å². The number of hydrogen-bond donors (Lipinski definition) is 2. The molecule has 0 aliphatic carbocycles. The molecule has 34 heavy (non-hydrogen) atoms. The average Bonchev–Trinajstić information content (AvgIpc) is 3.11. The first-order chi connectivity index (χ1) is 16.5. The molecule has 4 amide bonds. The highest BCUT2D eigenvalue weighted by atomic mass is 16.5. The third-order valence-electron chi connectivity index (χ3n) is 6.52. The van der Waals surface area contributed by atoms with Crippen molar-refractivity contribution in [1.29, 1.82) is 0 Å². The molecule has 2 aliphatic rings. The highest BCUT2D eigenvalue weighted by Crippen LogP contribution is 2.39. The van der Waals surface area contributed by atoms with Crippen molar-refractivity contribution in [2.45, 2.75) is 25.3 Å². The van der Waals surface area contributed by atoms with E-state index in [-0.39, 0.29) is 24.4 Å². The largest absolute Gasteiger partial charge is 0.495 e. The van der Waals surface area contributed by atoms with Crippen molar-refractivity contribution in [3.8, 4) is 5.75 Å². The maximum atomic E-state index is 13.6. The van der Waals surface area contributed by atoms with Gasteiger partial charge in [-0.1, -0.05) is 30.3 Å². The van der Waals surface area contributed by atoms with Crippen LogP contribution >= 0.6 is 0 Å². The molecular formula is C25H31N5O4. The summed E-state index contributed by atoms with van der Waals surface area (Å²) < 4.78 is 5.32. The predicted molar refractivity (Wildman–Crippen MR) is 130 cm³/mol. The third-order valence-corrected chi connectivity index (χ3v) is 6.52. The van der Waals surface area contributed by atoms with Gasteiger partial charge in [0.2, 0.25) is 5.91 Å². The molecule has 0 bridgehead atoms. The van der Waals surface area contributed by atoms with Crippen molar-refractivity contribution < 1.29 is 19.1 Å². The standard InChI is InChI=1S/C25H31N5O4/c1-3-26-22(31)17-29-18-30(19-9-5-4-6-10-19)25(23(29)32)13-15-28(16-14-25)24(33)27-20-11-7-8-12-21(20)34-2/h4-12H,3,13-18H2,1-2H3,(H,26,31)(H,27,33). The number of ether oxygens (including phenoxy) is 1. The molecule has 180 valence electrons. The lowest BCUT2D eigenvalue weighted by Gasteiger charge is -2.43. The number of nitrogens with zero attached hydrogens (tertiary/aromatic N) is 3. The minimum absolute atomic E-state index is 0.0236. The number of rotatable bonds is 6. The summed E-state index contributed by atoms with van der Waals surface area (Å²) in [6.07, 6.45) is 0.956. The van der Waals surface area contributed by atoms with Crippen LogP contribution in [0.4, 0.5) is 16.2 Å². The number of amides is 4. The minimum atomic E-state index is -0.783. The van der Waals surface area contributed by atoms with Gasteiger partial charge in [-0.25, -0.2) is 4.79 Å². The zero-order chi connectivity index (χ0) is 24.1. The molecule has 2 aromatic rings. The van der Waals surface area contributed by atoms with Crippen molar-refractivity contribution in [3.63, 3.8) is 0 Å². The first kappa shape index (κ1) is 23.4. The summed E-state index contributed by atoms with van der Waals surface area (Å²) in [4.78, 5) is 44.2. The molecule has 2 N–H and O–H groups in total. The fourth-order valence-corrected chi connectivity index (χ4v) is 4.77. The molecule has 0 radical (unpaired) electrons. The topological polar surface area (TPSA) is 94.2 Å². The molecule has 1 spiro atoms. The molecule has 0 aromatic heterocycles. The molecule has 0 saturated carbocycles. The van der Waals surface area contributed by atoms with E-state index in [9.17, 15) is 14.4 Å². The number of anilines is 2. The summed E-state index contributed by atoms with van der Waals surface area (Å²) >= 11 is 0. The second-order valence-electron chi connectivity index (χ2n) is 8.51. The lowest BCUT2D eigenvalue weighted by Crippen LogP contribution is -2.58. The first-order valence-electron chi connectivity index (χ1n) is 11.6. The van der Waals surface area contributed by atoms with Gasteiger partial charge in [0, 0.05) is 25.3 Å². The molecule has 2 heterocycles. The van der Waals surface area contributed by atoms with Crippen LogP contribution in [0.25, 0.3) is 0 Å². The van der Waals surface area contributed by atoms with Crippen LogP contribution in [0.15, 0.2) is 54.6 Å². The molecule has 2 aliphatic heterocycles. The number of urea groups is 1. The summed E-state index contributed by atoms with van der Waals surface area (Å²) in [6, 6.07) is 16.8. The Morgan fingerprint density at radius 3 is 2.38 bits per heavy atom. The van der Waals surface area contributed by atoms with E-state index < -0.39 is 5.54 Å². The number of methoxy groups -OCH3 is 1. The van der Waals surface area contributed by atoms with E-state index in [1.54, 1.807) is 29.0 Å². The highest BCUT2D eigenvalue weighted by Gasteiger charge is 2.54. The number of carbonyl (C=O) groups excluding carboxylic acids is 3. The van der Waals surface area contributed by atoms with E-state index in [1.165, 1.54) is 0 Å². The van der Waals surface area contributed by atoms with Crippen LogP contribution in [0, 0.1) is 0 Å². The van der Waals surface area contributed by atoms with Gasteiger partial charge in [0.25, 0.3) is 5.91 Å². The minimum Gasteiger partial charge on any atom is -0.495 e. The van der Waals surface area contributed by atoms with Gasteiger partial charge in [0.1, 0.15) is 17.8 Å². The van der Waals surface area contributed by atoms with E-state index in [0.29, 0.717) is 50.6 Å². The van der Waals surface area contributed by atoms with E-state index >= 15 is 0 Å². The Hall–Kier alpha value is -3.75. The molecule has 9 heteroatoms. The number of carbonyl (C=O) groups is 3. The first-order valence-corrected chi connectivity index (χ1v) is 11.6. The quantitative estimate of drug-likeness (QED) is 0.684. The van der Waals surface area contributed by atoms with Gasteiger partial charge in [-0.15, -0.1) is 0 Å². The fourth-order valence-electron chi connectivity index (χ4n) is 4.77.